The SMILES string of the molecule is NC(=O)C[C@H](N)C(=O)OC[C@@H]1SC(CC=O)S[C@@H]1COC(=O)[C@@H](N)CC(N)=O. The summed E-state index contributed by atoms with van der Waals surface area (Å²) in [6, 6.07) is -2.32. The normalized spacial score (nSPS) is 23.4. The fourth-order valence-corrected chi connectivity index (χ4v) is 5.68. The molecule has 0 saturated carbocycles. The number of thioether (sulfide) groups is 2. The maximum absolute atomic E-state index is 11.8. The van der Waals surface area contributed by atoms with Crippen LogP contribution in [0.3, 0.4) is 0 Å². The minimum absolute atomic E-state index is 0.0477. The van der Waals surface area contributed by atoms with Crippen LogP contribution in [0, 0.1) is 0 Å². The molecule has 0 aliphatic carbocycles. The van der Waals surface area contributed by atoms with Crippen LogP contribution < -0.4 is 22.9 Å². The largest absolute Gasteiger partial charge is 0.463 e. The van der Waals surface area contributed by atoms with Crippen LogP contribution in [0.5, 0.6) is 0 Å². The fraction of sp³-hybridized carbons (Fsp3) is 0.667. The molecular formula is C15H24N4O7S2. The number of carbonyl (C=O) groups excluding carboxylic acids is 5. The Bertz CT molecular complexity index is 561. The predicted octanol–water partition coefficient (Wildman–Crippen LogP) is -2.39. The number of hydrogen-bond donors (Lipinski definition) is 4. The number of aldehydes is 1. The van der Waals surface area contributed by atoms with E-state index in [0.717, 1.165) is 6.29 Å². The molecule has 1 aliphatic heterocycles. The molecule has 0 aromatic heterocycles. The molecule has 11 nitrogen and oxygen atoms in total. The summed E-state index contributed by atoms with van der Waals surface area (Å²) in [6.07, 6.45) is 0.371. The quantitative estimate of drug-likeness (QED) is 0.187. The third kappa shape index (κ3) is 8.46. The number of amides is 2. The summed E-state index contributed by atoms with van der Waals surface area (Å²) in [4.78, 5) is 56.1. The second-order valence-electron chi connectivity index (χ2n) is 5.99. The maximum Gasteiger partial charge on any atom is 0.323 e. The molecular weight excluding hydrogens is 412 g/mol. The van der Waals surface area contributed by atoms with Crippen LogP contribution in [0.4, 0.5) is 0 Å². The van der Waals surface area contributed by atoms with Crippen molar-refractivity contribution in [1.29, 1.82) is 0 Å². The molecule has 1 fully saturated rings. The van der Waals surface area contributed by atoms with Crippen LogP contribution in [0.15, 0.2) is 0 Å². The van der Waals surface area contributed by atoms with Crippen LogP contribution in [0.2, 0.25) is 0 Å². The van der Waals surface area contributed by atoms with Crippen LogP contribution >= 0.6 is 23.5 Å². The Morgan fingerprint density at radius 2 is 1.25 bits per heavy atom. The summed E-state index contributed by atoms with van der Waals surface area (Å²) in [5, 5.41) is -0.556. The lowest BCUT2D eigenvalue weighted by Gasteiger charge is -2.19. The van der Waals surface area contributed by atoms with E-state index in [2.05, 4.69) is 0 Å². The van der Waals surface area contributed by atoms with E-state index >= 15 is 0 Å². The second-order valence-corrected chi connectivity index (χ2v) is 9.19. The summed E-state index contributed by atoms with van der Waals surface area (Å²) in [7, 11) is 0. The second kappa shape index (κ2) is 11.9. The first-order valence-corrected chi connectivity index (χ1v) is 10.2. The molecule has 0 radical (unpaired) electrons. The highest BCUT2D eigenvalue weighted by Crippen LogP contribution is 2.45. The smallest absolute Gasteiger partial charge is 0.323 e. The van der Waals surface area contributed by atoms with Gasteiger partial charge in [0.2, 0.25) is 11.8 Å². The number of hydrogen-bond acceptors (Lipinski definition) is 11. The van der Waals surface area contributed by atoms with E-state index in [-0.39, 0.29) is 47.6 Å². The number of ether oxygens (including phenoxy) is 2. The molecule has 5 atom stereocenters. The zero-order valence-corrected chi connectivity index (χ0v) is 16.6. The van der Waals surface area contributed by atoms with Gasteiger partial charge < -0.3 is 37.2 Å². The molecule has 8 N–H and O–H groups in total. The maximum atomic E-state index is 11.8. The molecule has 13 heteroatoms. The Balaban J connectivity index is 2.59. The molecule has 1 aliphatic rings. The molecule has 1 rings (SSSR count). The molecule has 0 bridgehead atoms. The van der Waals surface area contributed by atoms with Crippen molar-refractivity contribution in [2.75, 3.05) is 13.2 Å². The zero-order chi connectivity index (χ0) is 21.3. The van der Waals surface area contributed by atoms with E-state index in [1.54, 1.807) is 0 Å². The van der Waals surface area contributed by atoms with E-state index in [1.807, 2.05) is 0 Å². The number of nitrogens with two attached hydrogens (primary N) is 4. The van der Waals surface area contributed by atoms with E-state index in [4.69, 9.17) is 32.4 Å². The van der Waals surface area contributed by atoms with Crippen molar-refractivity contribution >= 4 is 53.6 Å². The summed E-state index contributed by atoms with van der Waals surface area (Å²) < 4.78 is 10.2. The van der Waals surface area contributed by atoms with E-state index < -0.39 is 35.8 Å². The fourth-order valence-electron chi connectivity index (χ4n) is 2.22. The first-order chi connectivity index (χ1) is 13.1. The number of carbonyl (C=O) groups is 5. The van der Waals surface area contributed by atoms with Gasteiger partial charge in [0.25, 0.3) is 0 Å². The van der Waals surface area contributed by atoms with Crippen LogP contribution in [-0.2, 0) is 33.4 Å². The van der Waals surface area contributed by atoms with Crippen LogP contribution in [0.1, 0.15) is 19.3 Å². The first-order valence-electron chi connectivity index (χ1n) is 8.29. The van der Waals surface area contributed by atoms with Gasteiger partial charge >= 0.3 is 11.9 Å². The predicted molar refractivity (Wildman–Crippen MR) is 103 cm³/mol. The van der Waals surface area contributed by atoms with Gasteiger partial charge in [-0.3, -0.25) is 19.2 Å². The van der Waals surface area contributed by atoms with Gasteiger partial charge in [0.1, 0.15) is 31.6 Å². The number of esters is 2. The van der Waals surface area contributed by atoms with Crippen molar-refractivity contribution in [3.8, 4) is 0 Å². The minimum Gasteiger partial charge on any atom is -0.463 e. The summed E-state index contributed by atoms with van der Waals surface area (Å²) in [6.45, 7) is -0.0955. The summed E-state index contributed by atoms with van der Waals surface area (Å²) in [5.74, 6) is -3.00. The van der Waals surface area contributed by atoms with Crippen LogP contribution in [0.25, 0.3) is 0 Å². The summed E-state index contributed by atoms with van der Waals surface area (Å²) >= 11 is 2.81. The van der Waals surface area contributed by atoms with Gasteiger partial charge in [-0.1, -0.05) is 0 Å². The molecule has 0 aromatic rings. The monoisotopic (exact) mass is 436 g/mol. The van der Waals surface area contributed by atoms with E-state index in [9.17, 15) is 24.0 Å². The van der Waals surface area contributed by atoms with Crippen molar-refractivity contribution in [2.24, 2.45) is 22.9 Å². The average Bonchev–Trinajstić information content (AvgIpc) is 2.98. The Morgan fingerprint density at radius 3 is 1.57 bits per heavy atom. The van der Waals surface area contributed by atoms with Gasteiger partial charge in [-0.15, -0.1) is 23.5 Å². The number of rotatable bonds is 12. The highest BCUT2D eigenvalue weighted by Gasteiger charge is 2.37. The molecule has 158 valence electrons. The topological polar surface area (TPSA) is 208 Å². The molecule has 1 heterocycles. The Kier molecular flexibility index (Phi) is 10.3. The lowest BCUT2D eigenvalue weighted by Crippen LogP contribution is -2.39. The lowest BCUT2D eigenvalue weighted by molar-refractivity contribution is -0.148. The van der Waals surface area contributed by atoms with Gasteiger partial charge in [0.05, 0.1) is 27.9 Å². The lowest BCUT2D eigenvalue weighted by atomic mass is 10.2. The van der Waals surface area contributed by atoms with E-state index in [1.165, 1.54) is 23.5 Å². The molecule has 1 saturated heterocycles. The van der Waals surface area contributed by atoms with Crippen molar-refractivity contribution in [1.82, 2.24) is 0 Å². The Labute approximate surface area is 169 Å². The highest BCUT2D eigenvalue weighted by atomic mass is 32.2. The van der Waals surface area contributed by atoms with Crippen molar-refractivity contribution in [3.63, 3.8) is 0 Å². The third-order valence-corrected chi connectivity index (χ3v) is 7.04. The molecule has 28 heavy (non-hydrogen) atoms. The zero-order valence-electron chi connectivity index (χ0n) is 15.0. The van der Waals surface area contributed by atoms with Gasteiger partial charge in [-0.25, -0.2) is 0 Å². The van der Waals surface area contributed by atoms with Crippen molar-refractivity contribution in [3.05, 3.63) is 0 Å². The van der Waals surface area contributed by atoms with Crippen molar-refractivity contribution in [2.45, 2.75) is 46.4 Å². The molecule has 0 spiro atoms. The van der Waals surface area contributed by atoms with Gasteiger partial charge in [-0.2, -0.15) is 0 Å². The first kappa shape index (κ1) is 24.2. The Hall–Kier alpha value is -1.83. The number of primary amides is 2. The minimum atomic E-state index is -1.16. The van der Waals surface area contributed by atoms with E-state index in [0.29, 0.717) is 0 Å². The van der Waals surface area contributed by atoms with Gasteiger partial charge in [-0.05, 0) is 0 Å². The summed E-state index contributed by atoms with van der Waals surface area (Å²) in [5.41, 5.74) is 21.0. The van der Waals surface area contributed by atoms with Gasteiger partial charge in [0, 0.05) is 6.42 Å². The molecule has 2 amide bonds. The van der Waals surface area contributed by atoms with Gasteiger partial charge in [0.15, 0.2) is 0 Å². The highest BCUT2D eigenvalue weighted by molar-refractivity contribution is 8.20. The standard InChI is InChI=1S/C15H24N4O7S2/c16-7(3-11(18)21)14(23)25-5-9-10(28-13(27-9)1-2-20)6-26-15(24)8(17)4-12(19)22/h2,7-10,13H,1,3-6,16-17H2,(H2,18,21)(H2,19,22)/t7-,8-,9-,10+,13?/m0/s1. The molecule has 0 aromatic carbocycles. The Morgan fingerprint density at radius 1 is 0.857 bits per heavy atom. The third-order valence-electron chi connectivity index (χ3n) is 3.58. The molecule has 1 unspecified atom stereocenters. The van der Waals surface area contributed by atoms with Crippen LogP contribution in [-0.4, -0.2) is 70.4 Å². The van der Waals surface area contributed by atoms with Crippen molar-refractivity contribution < 1.29 is 33.4 Å². The average molecular weight is 437 g/mol.